The maximum absolute atomic E-state index is 13.6. The Bertz CT molecular complexity index is 1420. The molecule has 0 unspecified atom stereocenters. The van der Waals surface area contributed by atoms with Gasteiger partial charge in [0.1, 0.15) is 40.1 Å². The van der Waals surface area contributed by atoms with Crippen LogP contribution in [0.3, 0.4) is 0 Å². The van der Waals surface area contributed by atoms with E-state index in [1.54, 1.807) is 18.2 Å². The lowest BCUT2D eigenvalue weighted by molar-refractivity contribution is -0.138. The molecule has 0 saturated heterocycles. The maximum Gasteiger partial charge on any atom is 0.243 e. The number of halogens is 1. The van der Waals surface area contributed by atoms with E-state index in [9.17, 15) is 13.2 Å². The summed E-state index contributed by atoms with van der Waals surface area (Å²) in [5.74, 6) is 0.993. The van der Waals surface area contributed by atoms with Gasteiger partial charge < -0.3 is 14.2 Å². The molecule has 1 fully saturated rings. The number of rotatable bonds is 10. The summed E-state index contributed by atoms with van der Waals surface area (Å²) in [5.41, 5.74) is -0.321. The highest BCUT2D eigenvalue weighted by Crippen LogP contribution is 2.50. The highest BCUT2D eigenvalue weighted by molar-refractivity contribution is 7.93. The first kappa shape index (κ1) is 27.7. The van der Waals surface area contributed by atoms with Crippen LogP contribution in [-0.4, -0.2) is 65.5 Å². The number of hydrogen-bond donors (Lipinski definition) is 1. The van der Waals surface area contributed by atoms with Crippen molar-refractivity contribution in [3.63, 3.8) is 0 Å². The number of methoxy groups -OCH3 is 3. The molecule has 12 nitrogen and oxygen atoms in total. The molecule has 2 heterocycles. The normalized spacial score (nSPS) is 18.4. The van der Waals surface area contributed by atoms with E-state index < -0.39 is 26.8 Å². The van der Waals surface area contributed by atoms with Gasteiger partial charge in [0.2, 0.25) is 16.0 Å². The first-order chi connectivity index (χ1) is 18.0. The molecule has 0 amide bonds. The minimum Gasteiger partial charge on any atom is -0.494 e. The molecule has 2 aromatic heterocycles. The van der Waals surface area contributed by atoms with E-state index in [-0.39, 0.29) is 29.9 Å². The average Bonchev–Trinajstić information content (AvgIpc) is 3.29. The summed E-state index contributed by atoms with van der Waals surface area (Å²) < 4.78 is 47.9. The molecule has 1 saturated carbocycles. The third kappa shape index (κ3) is 4.81. The van der Waals surface area contributed by atoms with Gasteiger partial charge in [0.05, 0.1) is 19.2 Å². The molecule has 1 aromatic carbocycles. The Morgan fingerprint density at radius 1 is 1.11 bits per heavy atom. The van der Waals surface area contributed by atoms with Crippen LogP contribution in [0, 0.1) is 5.41 Å². The second-order valence-corrected chi connectivity index (χ2v) is 11.9. The van der Waals surface area contributed by atoms with Crippen molar-refractivity contribution in [3.05, 3.63) is 47.3 Å². The smallest absolute Gasteiger partial charge is 0.243 e. The van der Waals surface area contributed by atoms with Gasteiger partial charge in [0, 0.05) is 37.3 Å². The fraction of sp³-hybridized carbons (Fsp3) is 0.458. The molecular formula is C24H29ClN6O6S. The zero-order chi connectivity index (χ0) is 27.8. The average molecular weight is 565 g/mol. The first-order valence-corrected chi connectivity index (χ1v) is 13.6. The molecule has 0 spiro atoms. The fourth-order valence-corrected chi connectivity index (χ4v) is 5.63. The molecule has 3 atom stereocenters. The van der Waals surface area contributed by atoms with E-state index in [0.717, 1.165) is 0 Å². The Morgan fingerprint density at radius 2 is 1.71 bits per heavy atom. The van der Waals surface area contributed by atoms with Crippen molar-refractivity contribution in [1.29, 1.82) is 0 Å². The molecule has 38 heavy (non-hydrogen) atoms. The largest absolute Gasteiger partial charge is 0.494 e. The number of anilines is 1. The number of nitrogens with zero attached hydrogens (tertiary/aromatic N) is 5. The molecule has 0 radical (unpaired) electrons. The predicted octanol–water partition coefficient (Wildman–Crippen LogP) is 3.33. The van der Waals surface area contributed by atoms with E-state index >= 15 is 0 Å². The van der Waals surface area contributed by atoms with Crippen LogP contribution < -0.4 is 14.2 Å². The van der Waals surface area contributed by atoms with E-state index in [4.69, 9.17) is 25.8 Å². The number of benzene rings is 1. The number of para-hydroxylation sites is 1. The monoisotopic (exact) mass is 564 g/mol. The number of sulfonamides is 1. The van der Waals surface area contributed by atoms with Crippen LogP contribution in [-0.2, 0) is 19.6 Å². The minimum absolute atomic E-state index is 0.0747. The quantitative estimate of drug-likeness (QED) is 0.388. The van der Waals surface area contributed by atoms with Crippen LogP contribution in [0.5, 0.6) is 11.5 Å². The first-order valence-electron chi connectivity index (χ1n) is 11.7. The number of aromatic nitrogens is 5. The highest BCUT2D eigenvalue weighted by atomic mass is 35.5. The van der Waals surface area contributed by atoms with Crippen LogP contribution in [0.1, 0.15) is 50.9 Å². The second-order valence-electron chi connectivity index (χ2n) is 9.40. The zero-order valence-corrected chi connectivity index (χ0v) is 23.4. The summed E-state index contributed by atoms with van der Waals surface area (Å²) in [4.78, 5) is 20.6. The van der Waals surface area contributed by atoms with Gasteiger partial charge in [-0.2, -0.15) is 0 Å². The highest BCUT2D eigenvalue weighted by Gasteiger charge is 2.51. The lowest BCUT2D eigenvalue weighted by Gasteiger charge is -2.41. The van der Waals surface area contributed by atoms with Gasteiger partial charge in [-0.15, -0.1) is 10.2 Å². The molecule has 1 N–H and O–H groups in total. The number of carbonyl (C=O) groups is 1. The lowest BCUT2D eigenvalue weighted by atomic mass is 9.61. The number of nitrogens with one attached hydrogen (secondary N) is 1. The molecule has 14 heteroatoms. The molecule has 1 aliphatic rings. The summed E-state index contributed by atoms with van der Waals surface area (Å²) in [7, 11) is 0.186. The molecule has 0 bridgehead atoms. The molecule has 0 aliphatic heterocycles. The van der Waals surface area contributed by atoms with Crippen LogP contribution in [0.25, 0.3) is 5.69 Å². The third-order valence-corrected chi connectivity index (χ3v) is 8.79. The molecular weight excluding hydrogens is 536 g/mol. The molecule has 3 aromatic rings. The summed E-state index contributed by atoms with van der Waals surface area (Å²) in [6.07, 6.45) is 1.96. The number of ketones is 1. The van der Waals surface area contributed by atoms with Crippen LogP contribution in [0.4, 0.5) is 5.95 Å². The van der Waals surface area contributed by atoms with Crippen molar-refractivity contribution in [2.24, 2.45) is 5.41 Å². The number of carbonyl (C=O) groups excluding carboxylic acids is 1. The van der Waals surface area contributed by atoms with Crippen LogP contribution in [0.2, 0.25) is 5.02 Å². The van der Waals surface area contributed by atoms with Crippen LogP contribution >= 0.6 is 11.6 Å². The van der Waals surface area contributed by atoms with Crippen LogP contribution in [0.15, 0.2) is 30.6 Å². The van der Waals surface area contributed by atoms with E-state index in [0.29, 0.717) is 28.0 Å². The predicted molar refractivity (Wildman–Crippen MR) is 139 cm³/mol. The van der Waals surface area contributed by atoms with E-state index in [2.05, 4.69) is 24.9 Å². The fourth-order valence-electron chi connectivity index (χ4n) is 4.40. The second kappa shape index (κ2) is 10.5. The van der Waals surface area contributed by atoms with Crippen molar-refractivity contribution < 1.29 is 27.4 Å². The van der Waals surface area contributed by atoms with Gasteiger partial charge in [-0.25, -0.2) is 18.4 Å². The van der Waals surface area contributed by atoms with Gasteiger partial charge >= 0.3 is 0 Å². The van der Waals surface area contributed by atoms with Gasteiger partial charge in [0.25, 0.3) is 0 Å². The van der Waals surface area contributed by atoms with Gasteiger partial charge in [-0.05, 0) is 19.1 Å². The number of hydrogen-bond acceptors (Lipinski definition) is 10. The Hall–Kier alpha value is -3.29. The SMILES string of the molecule is COc1cccc(OC)c1-n1c(NS(=O)(=O)[C@@H](C)[C@H](OC)c2ncc(Cl)cn2)nnc1[C@H]1CC(=O)C1(C)C. The van der Waals surface area contributed by atoms with E-state index in [1.807, 2.05) is 13.8 Å². The molecule has 1 aliphatic carbocycles. The third-order valence-electron chi connectivity index (χ3n) is 6.90. The zero-order valence-electron chi connectivity index (χ0n) is 21.8. The van der Waals surface area contributed by atoms with Crippen molar-refractivity contribution in [2.75, 3.05) is 26.1 Å². The standard InChI is InChI=1S/C24H29ClN6O6S/c1-13(20(37-6)21-26-11-14(25)12-27-21)38(33,34)30-23-29-28-22(15-10-18(32)24(15,2)3)31(23)19-16(35-4)8-7-9-17(19)36-5/h7-9,11-13,15,20H,10H2,1-6H3,(H,29,30)/t13-,15+,20-/m0/s1. The van der Waals surface area contributed by atoms with Crippen molar-refractivity contribution >= 4 is 33.4 Å². The molecule has 204 valence electrons. The molecule has 4 rings (SSSR count). The van der Waals surface area contributed by atoms with Crippen molar-refractivity contribution in [3.8, 4) is 17.2 Å². The van der Waals surface area contributed by atoms with Gasteiger partial charge in [-0.3, -0.25) is 14.1 Å². The van der Waals surface area contributed by atoms with Crippen molar-refractivity contribution in [1.82, 2.24) is 24.7 Å². The van der Waals surface area contributed by atoms with E-state index in [1.165, 1.54) is 45.2 Å². The maximum atomic E-state index is 13.6. The number of ether oxygens (including phenoxy) is 3. The van der Waals surface area contributed by atoms with Gasteiger partial charge in [-0.1, -0.05) is 31.5 Å². The minimum atomic E-state index is -4.15. The summed E-state index contributed by atoms with van der Waals surface area (Å²) in [6, 6.07) is 5.15. The summed E-state index contributed by atoms with van der Waals surface area (Å²) >= 11 is 5.88. The Kier molecular flexibility index (Phi) is 7.64. The Labute approximate surface area is 225 Å². The Balaban J connectivity index is 1.81. The van der Waals surface area contributed by atoms with Gasteiger partial charge in [0.15, 0.2) is 5.82 Å². The number of Topliss-reactive ketones (excluding diaryl/α,β-unsaturated/α-hetero) is 1. The Morgan fingerprint density at radius 3 is 2.21 bits per heavy atom. The topological polar surface area (TPSA) is 147 Å². The lowest BCUT2D eigenvalue weighted by Crippen LogP contribution is -2.44. The summed E-state index contributed by atoms with van der Waals surface area (Å²) in [6.45, 7) is 5.11. The van der Waals surface area contributed by atoms with Crippen molar-refractivity contribution in [2.45, 2.75) is 44.5 Å². The summed E-state index contributed by atoms with van der Waals surface area (Å²) in [5, 5.41) is 7.67.